The average Bonchev–Trinajstić information content (AvgIpc) is 2.75. The summed E-state index contributed by atoms with van der Waals surface area (Å²) < 4.78 is 0. The van der Waals surface area contributed by atoms with Gasteiger partial charge in [-0.2, -0.15) is 0 Å². The minimum atomic E-state index is 0.274. The molecule has 1 saturated heterocycles. The first-order chi connectivity index (χ1) is 7.21. The summed E-state index contributed by atoms with van der Waals surface area (Å²) in [5.74, 6) is 0. The number of fused-ring (bicyclic) bond motifs is 2. The van der Waals surface area contributed by atoms with E-state index < -0.39 is 0 Å². The van der Waals surface area contributed by atoms with E-state index in [0.717, 1.165) is 6.54 Å². The van der Waals surface area contributed by atoms with Gasteiger partial charge in [0.15, 0.2) is 0 Å². The summed E-state index contributed by atoms with van der Waals surface area (Å²) in [6, 6.07) is 3.01. The molecule has 1 aromatic rings. The van der Waals surface area contributed by atoms with E-state index in [4.69, 9.17) is 0 Å². The fourth-order valence-electron chi connectivity index (χ4n) is 3.07. The molecule has 1 fully saturated rings. The molecule has 82 valence electrons. The van der Waals surface area contributed by atoms with E-state index in [1.54, 1.807) is 10.4 Å². The number of thiophene rings is 1. The Labute approximate surface area is 95.3 Å². The molecule has 0 saturated carbocycles. The highest BCUT2D eigenvalue weighted by atomic mass is 32.1. The number of rotatable bonds is 0. The highest BCUT2D eigenvalue weighted by Gasteiger charge is 2.45. The molecule has 2 aliphatic rings. The predicted molar refractivity (Wildman–Crippen MR) is 64.4 cm³/mol. The second-order valence-corrected chi connectivity index (χ2v) is 5.92. The van der Waals surface area contributed by atoms with Crippen LogP contribution in [0.15, 0.2) is 11.4 Å². The molecule has 0 aromatic carbocycles. The number of hydrogen-bond acceptors (Lipinski definition) is 3. The van der Waals surface area contributed by atoms with Crippen LogP contribution in [0.1, 0.15) is 23.8 Å². The minimum absolute atomic E-state index is 0.274. The summed E-state index contributed by atoms with van der Waals surface area (Å²) in [4.78, 5) is 4.08. The molecule has 1 spiro atoms. The monoisotopic (exact) mass is 222 g/mol. The Morgan fingerprint density at radius 1 is 1.60 bits per heavy atom. The topological polar surface area (TPSA) is 15.3 Å². The minimum Gasteiger partial charge on any atom is -0.305 e. The van der Waals surface area contributed by atoms with E-state index >= 15 is 0 Å². The zero-order valence-corrected chi connectivity index (χ0v) is 10.2. The Morgan fingerprint density at radius 3 is 3.20 bits per heavy atom. The highest BCUT2D eigenvalue weighted by molar-refractivity contribution is 7.10. The van der Waals surface area contributed by atoms with E-state index in [-0.39, 0.29) is 5.54 Å². The van der Waals surface area contributed by atoms with Crippen LogP contribution in [0.4, 0.5) is 0 Å². The molecule has 15 heavy (non-hydrogen) atoms. The summed E-state index contributed by atoms with van der Waals surface area (Å²) >= 11 is 1.94. The molecule has 0 aliphatic carbocycles. The van der Waals surface area contributed by atoms with Gasteiger partial charge in [-0.15, -0.1) is 11.3 Å². The number of likely N-dealkylation sites (N-methyl/N-ethyl adjacent to an activating group) is 1. The van der Waals surface area contributed by atoms with Crippen molar-refractivity contribution in [1.29, 1.82) is 0 Å². The number of hydrogen-bond donors (Lipinski definition) is 1. The highest BCUT2D eigenvalue weighted by Crippen LogP contribution is 2.41. The van der Waals surface area contributed by atoms with Crippen molar-refractivity contribution in [2.45, 2.75) is 31.3 Å². The van der Waals surface area contributed by atoms with Gasteiger partial charge in [0, 0.05) is 24.0 Å². The molecule has 0 bridgehead atoms. The zero-order chi connectivity index (χ0) is 10.5. The molecule has 0 radical (unpaired) electrons. The number of likely N-dealkylation sites (tertiary alicyclic amines) is 1. The molecule has 0 amide bonds. The van der Waals surface area contributed by atoms with Crippen molar-refractivity contribution < 1.29 is 0 Å². The molecule has 3 heterocycles. The largest absolute Gasteiger partial charge is 0.305 e. The Bertz CT molecular complexity index is 361. The van der Waals surface area contributed by atoms with Gasteiger partial charge in [0.2, 0.25) is 0 Å². The Kier molecular flexibility index (Phi) is 2.16. The normalized spacial score (nSPS) is 36.0. The van der Waals surface area contributed by atoms with Crippen molar-refractivity contribution in [2.75, 3.05) is 20.1 Å². The van der Waals surface area contributed by atoms with Gasteiger partial charge in [-0.3, -0.25) is 0 Å². The van der Waals surface area contributed by atoms with E-state index in [9.17, 15) is 0 Å². The Hall–Kier alpha value is -0.380. The van der Waals surface area contributed by atoms with Crippen LogP contribution in [0.2, 0.25) is 0 Å². The van der Waals surface area contributed by atoms with E-state index in [0.29, 0.717) is 6.04 Å². The molecule has 3 rings (SSSR count). The fraction of sp³-hybridized carbons (Fsp3) is 0.667. The van der Waals surface area contributed by atoms with Gasteiger partial charge < -0.3 is 10.2 Å². The summed E-state index contributed by atoms with van der Waals surface area (Å²) in [6.45, 7) is 4.64. The van der Waals surface area contributed by atoms with E-state index in [2.05, 4.69) is 35.6 Å². The van der Waals surface area contributed by atoms with Crippen LogP contribution in [-0.2, 0) is 12.0 Å². The first kappa shape index (κ1) is 9.82. The molecule has 2 nitrogen and oxygen atoms in total. The fourth-order valence-corrected chi connectivity index (χ4v) is 4.20. The van der Waals surface area contributed by atoms with Crippen LogP contribution in [0.3, 0.4) is 0 Å². The lowest BCUT2D eigenvalue weighted by Gasteiger charge is -2.34. The lowest BCUT2D eigenvalue weighted by Crippen LogP contribution is -2.48. The van der Waals surface area contributed by atoms with Gasteiger partial charge in [-0.1, -0.05) is 0 Å². The van der Waals surface area contributed by atoms with Crippen molar-refractivity contribution >= 4 is 11.3 Å². The lowest BCUT2D eigenvalue weighted by atomic mass is 9.88. The standard InChI is InChI=1S/C12H18N2S/c1-9-7-12(8-14(9)2)11-10(3-5-13-12)4-6-15-11/h4,6,9,13H,3,5,7-8H2,1-2H3. The van der Waals surface area contributed by atoms with Crippen molar-refractivity contribution in [2.24, 2.45) is 0 Å². The smallest absolute Gasteiger partial charge is 0.0675 e. The predicted octanol–water partition coefficient (Wildman–Crippen LogP) is 1.81. The van der Waals surface area contributed by atoms with Gasteiger partial charge in [0.05, 0.1) is 5.54 Å². The van der Waals surface area contributed by atoms with E-state index in [1.807, 2.05) is 11.3 Å². The maximum atomic E-state index is 3.77. The van der Waals surface area contributed by atoms with Gasteiger partial charge in [-0.05, 0) is 43.8 Å². The maximum absolute atomic E-state index is 3.77. The van der Waals surface area contributed by atoms with Crippen LogP contribution in [0.25, 0.3) is 0 Å². The Morgan fingerprint density at radius 2 is 2.47 bits per heavy atom. The molecule has 1 aromatic heterocycles. The zero-order valence-electron chi connectivity index (χ0n) is 9.42. The molecular weight excluding hydrogens is 204 g/mol. The maximum Gasteiger partial charge on any atom is 0.0675 e. The van der Waals surface area contributed by atoms with Crippen molar-refractivity contribution in [1.82, 2.24) is 10.2 Å². The first-order valence-electron chi connectivity index (χ1n) is 5.73. The third kappa shape index (κ3) is 1.37. The molecule has 3 heteroatoms. The molecule has 2 unspecified atom stereocenters. The molecule has 2 aliphatic heterocycles. The lowest BCUT2D eigenvalue weighted by molar-refractivity contribution is 0.296. The van der Waals surface area contributed by atoms with Gasteiger partial charge in [-0.25, -0.2) is 0 Å². The second-order valence-electron chi connectivity index (χ2n) is 5.00. The number of nitrogens with zero attached hydrogens (tertiary/aromatic N) is 1. The van der Waals surface area contributed by atoms with Crippen molar-refractivity contribution in [3.8, 4) is 0 Å². The van der Waals surface area contributed by atoms with Crippen LogP contribution >= 0.6 is 11.3 Å². The quantitative estimate of drug-likeness (QED) is 0.720. The molecular formula is C12H18N2S. The summed E-state index contributed by atoms with van der Waals surface area (Å²) in [7, 11) is 2.24. The van der Waals surface area contributed by atoms with Crippen molar-refractivity contribution in [3.63, 3.8) is 0 Å². The first-order valence-corrected chi connectivity index (χ1v) is 6.61. The third-order valence-electron chi connectivity index (χ3n) is 3.95. The SMILES string of the molecule is CC1CC2(CN1C)NCCc1ccsc12. The number of nitrogens with one attached hydrogen (secondary N) is 1. The average molecular weight is 222 g/mol. The summed E-state index contributed by atoms with van der Waals surface area (Å²) in [6.07, 6.45) is 2.47. The van der Waals surface area contributed by atoms with Crippen LogP contribution < -0.4 is 5.32 Å². The Balaban J connectivity index is 2.02. The second kappa shape index (κ2) is 3.30. The van der Waals surface area contributed by atoms with Gasteiger partial charge in [0.25, 0.3) is 0 Å². The molecule has 1 N–H and O–H groups in total. The van der Waals surface area contributed by atoms with E-state index in [1.165, 1.54) is 19.4 Å². The van der Waals surface area contributed by atoms with Crippen LogP contribution in [0.5, 0.6) is 0 Å². The van der Waals surface area contributed by atoms with Gasteiger partial charge >= 0.3 is 0 Å². The van der Waals surface area contributed by atoms with Crippen molar-refractivity contribution in [3.05, 3.63) is 21.9 Å². The van der Waals surface area contributed by atoms with Gasteiger partial charge in [0.1, 0.15) is 0 Å². The molecule has 2 atom stereocenters. The van der Waals surface area contributed by atoms with Crippen LogP contribution in [-0.4, -0.2) is 31.1 Å². The summed E-state index contributed by atoms with van der Waals surface area (Å²) in [5.41, 5.74) is 1.86. The third-order valence-corrected chi connectivity index (χ3v) is 5.12. The van der Waals surface area contributed by atoms with Crippen LogP contribution in [0, 0.1) is 0 Å². The summed E-state index contributed by atoms with van der Waals surface area (Å²) in [5, 5.41) is 6.02.